The molecule has 1 aliphatic rings. The lowest BCUT2D eigenvalue weighted by atomic mass is 10.0. The smallest absolute Gasteiger partial charge is 0.317 e. The third kappa shape index (κ3) is 5.47. The van der Waals surface area contributed by atoms with Crippen molar-refractivity contribution in [2.24, 2.45) is 0 Å². The highest BCUT2D eigenvalue weighted by Gasteiger charge is 2.31. The van der Waals surface area contributed by atoms with Gasteiger partial charge in [0.1, 0.15) is 15.7 Å². The molecule has 2 atom stereocenters. The van der Waals surface area contributed by atoms with Gasteiger partial charge in [-0.25, -0.2) is 17.6 Å². The van der Waals surface area contributed by atoms with E-state index in [0.29, 0.717) is 13.0 Å². The van der Waals surface area contributed by atoms with Gasteiger partial charge >= 0.3 is 6.03 Å². The minimum Gasteiger partial charge on any atom is -0.335 e. The van der Waals surface area contributed by atoms with E-state index in [2.05, 4.69) is 5.32 Å². The molecule has 1 heterocycles. The maximum atomic E-state index is 13.0. The fourth-order valence-electron chi connectivity index (χ4n) is 3.09. The topological polar surface area (TPSA) is 66.5 Å². The van der Waals surface area contributed by atoms with Crippen molar-refractivity contribution in [3.63, 3.8) is 0 Å². The molecule has 5 nitrogen and oxygen atoms in total. The molecule has 0 aliphatic carbocycles. The largest absolute Gasteiger partial charge is 0.335 e. The first kappa shape index (κ1) is 18.7. The zero-order chi connectivity index (χ0) is 17.7. The van der Waals surface area contributed by atoms with E-state index in [4.69, 9.17) is 0 Å². The number of nitrogens with one attached hydrogen (secondary N) is 1. The lowest BCUT2D eigenvalue weighted by Gasteiger charge is -2.27. The number of urea groups is 1. The van der Waals surface area contributed by atoms with Gasteiger partial charge in [-0.05, 0) is 43.4 Å². The van der Waals surface area contributed by atoms with E-state index in [9.17, 15) is 17.6 Å². The number of amides is 2. The van der Waals surface area contributed by atoms with Crippen LogP contribution in [0, 0.1) is 5.82 Å². The van der Waals surface area contributed by atoms with Crippen molar-refractivity contribution < 1.29 is 17.6 Å². The third-order valence-corrected chi connectivity index (χ3v) is 5.34. The highest BCUT2D eigenvalue weighted by Crippen LogP contribution is 2.19. The minimum absolute atomic E-state index is 0.00910. The van der Waals surface area contributed by atoms with Crippen molar-refractivity contribution in [2.45, 2.75) is 44.7 Å². The summed E-state index contributed by atoms with van der Waals surface area (Å²) in [7, 11) is -3.12. The molecule has 7 heteroatoms. The van der Waals surface area contributed by atoms with Crippen LogP contribution in [0.15, 0.2) is 24.3 Å². The maximum Gasteiger partial charge on any atom is 0.317 e. The summed E-state index contributed by atoms with van der Waals surface area (Å²) < 4.78 is 36.0. The van der Waals surface area contributed by atoms with Crippen molar-refractivity contribution in [1.29, 1.82) is 0 Å². The van der Waals surface area contributed by atoms with Crippen molar-refractivity contribution in [1.82, 2.24) is 10.2 Å². The highest BCUT2D eigenvalue weighted by molar-refractivity contribution is 7.90. The number of carbonyl (C=O) groups excluding carboxylic acids is 1. The Hall–Kier alpha value is -1.63. The molecule has 2 amide bonds. The molecular weight excluding hydrogens is 331 g/mol. The second kappa shape index (κ2) is 7.96. The molecule has 0 radical (unpaired) electrons. The number of rotatable bonds is 6. The van der Waals surface area contributed by atoms with Gasteiger partial charge in [0.25, 0.3) is 0 Å². The summed E-state index contributed by atoms with van der Waals surface area (Å²) in [5.41, 5.74) is 0.956. The Morgan fingerprint density at radius 3 is 2.62 bits per heavy atom. The Labute approximate surface area is 143 Å². The van der Waals surface area contributed by atoms with Gasteiger partial charge < -0.3 is 10.2 Å². The molecular formula is C17H25FN2O3S. The second-order valence-corrected chi connectivity index (χ2v) is 8.65. The van der Waals surface area contributed by atoms with E-state index < -0.39 is 9.84 Å². The van der Waals surface area contributed by atoms with Gasteiger partial charge in [-0.15, -0.1) is 0 Å². The molecule has 1 aromatic rings. The number of carbonyl (C=O) groups is 1. The summed E-state index contributed by atoms with van der Waals surface area (Å²) in [5, 5.41) is 2.99. The van der Waals surface area contributed by atoms with Gasteiger partial charge in [-0.1, -0.05) is 19.1 Å². The molecule has 1 aromatic carbocycles. The Morgan fingerprint density at radius 2 is 2.04 bits per heavy atom. The van der Waals surface area contributed by atoms with Crippen LogP contribution in [0.5, 0.6) is 0 Å². The first-order valence-electron chi connectivity index (χ1n) is 8.28. The van der Waals surface area contributed by atoms with Crippen molar-refractivity contribution in [3.8, 4) is 0 Å². The fraction of sp³-hybridized carbons (Fsp3) is 0.588. The second-order valence-electron chi connectivity index (χ2n) is 6.47. The van der Waals surface area contributed by atoms with E-state index in [-0.39, 0.29) is 29.7 Å². The number of benzene rings is 1. The predicted molar refractivity (Wildman–Crippen MR) is 92.2 cm³/mol. The molecule has 0 saturated carbocycles. The molecule has 134 valence electrons. The van der Waals surface area contributed by atoms with Crippen LogP contribution in [-0.4, -0.2) is 50.0 Å². The quantitative estimate of drug-likeness (QED) is 0.851. The van der Waals surface area contributed by atoms with Crippen LogP contribution in [0.2, 0.25) is 0 Å². The predicted octanol–water partition coefficient (Wildman–Crippen LogP) is 2.37. The normalized spacial score (nSPS) is 19.3. The van der Waals surface area contributed by atoms with E-state index in [0.717, 1.165) is 24.8 Å². The molecule has 0 spiro atoms. The zero-order valence-corrected chi connectivity index (χ0v) is 15.0. The van der Waals surface area contributed by atoms with Crippen LogP contribution in [0.1, 0.15) is 31.7 Å². The van der Waals surface area contributed by atoms with E-state index in [1.165, 1.54) is 18.4 Å². The number of hydrogen-bond acceptors (Lipinski definition) is 3. The van der Waals surface area contributed by atoms with E-state index >= 15 is 0 Å². The fourth-order valence-corrected chi connectivity index (χ4v) is 4.13. The Balaban J connectivity index is 1.96. The van der Waals surface area contributed by atoms with Crippen molar-refractivity contribution in [2.75, 3.05) is 18.6 Å². The minimum atomic E-state index is -3.12. The number of sulfone groups is 1. The maximum absolute atomic E-state index is 13.0. The van der Waals surface area contributed by atoms with E-state index in [1.54, 1.807) is 17.0 Å². The van der Waals surface area contributed by atoms with Crippen LogP contribution >= 0.6 is 0 Å². The van der Waals surface area contributed by atoms with Crippen LogP contribution < -0.4 is 5.32 Å². The van der Waals surface area contributed by atoms with Gasteiger partial charge in [0.15, 0.2) is 0 Å². The SMILES string of the molecule is CCC(Cc1ccc(F)cc1)NC(=O)N1CCC[C@@H]1CS(C)(=O)=O. The van der Waals surface area contributed by atoms with Gasteiger partial charge in [0.2, 0.25) is 0 Å². The van der Waals surface area contributed by atoms with Gasteiger partial charge in [0.05, 0.1) is 5.75 Å². The first-order chi connectivity index (χ1) is 11.3. The molecule has 1 N–H and O–H groups in total. The third-order valence-electron chi connectivity index (χ3n) is 4.35. The van der Waals surface area contributed by atoms with E-state index in [1.807, 2.05) is 6.92 Å². The van der Waals surface area contributed by atoms with Crippen LogP contribution in [0.4, 0.5) is 9.18 Å². The molecule has 1 unspecified atom stereocenters. The standard InChI is InChI=1S/C17H25FN2O3S/c1-3-15(11-13-6-8-14(18)9-7-13)19-17(21)20-10-4-5-16(20)12-24(2,22)23/h6-9,15-16H,3-5,10-12H2,1-2H3,(H,19,21)/t15?,16-/m1/s1. The van der Waals surface area contributed by atoms with Crippen molar-refractivity contribution >= 4 is 15.9 Å². The summed E-state index contributed by atoms with van der Waals surface area (Å²) in [4.78, 5) is 14.1. The monoisotopic (exact) mass is 356 g/mol. The molecule has 1 aliphatic heterocycles. The van der Waals surface area contributed by atoms with Crippen LogP contribution in [0.25, 0.3) is 0 Å². The molecule has 2 rings (SSSR count). The van der Waals surface area contributed by atoms with Gasteiger partial charge in [-0.3, -0.25) is 0 Å². The van der Waals surface area contributed by atoms with Crippen molar-refractivity contribution in [3.05, 3.63) is 35.6 Å². The average Bonchev–Trinajstić information content (AvgIpc) is 2.94. The summed E-state index contributed by atoms with van der Waals surface area (Å²) >= 11 is 0. The first-order valence-corrected chi connectivity index (χ1v) is 10.3. The number of nitrogens with zero attached hydrogens (tertiary/aromatic N) is 1. The van der Waals surface area contributed by atoms with Gasteiger partial charge in [-0.2, -0.15) is 0 Å². The lowest BCUT2D eigenvalue weighted by molar-refractivity contribution is 0.192. The molecule has 0 aromatic heterocycles. The lowest BCUT2D eigenvalue weighted by Crippen LogP contribution is -2.48. The Bertz CT molecular complexity index is 661. The Morgan fingerprint density at radius 1 is 1.38 bits per heavy atom. The number of halogens is 1. The zero-order valence-electron chi connectivity index (χ0n) is 14.2. The molecule has 1 fully saturated rings. The molecule has 1 saturated heterocycles. The van der Waals surface area contributed by atoms with Gasteiger partial charge in [0, 0.05) is 24.9 Å². The summed E-state index contributed by atoms with van der Waals surface area (Å²) in [6.45, 7) is 2.56. The molecule has 24 heavy (non-hydrogen) atoms. The van der Waals surface area contributed by atoms with Crippen LogP contribution in [0.3, 0.4) is 0 Å². The summed E-state index contributed by atoms with van der Waals surface area (Å²) in [6.07, 6.45) is 4.10. The Kier molecular flexibility index (Phi) is 6.21. The molecule has 0 bridgehead atoms. The summed E-state index contributed by atoms with van der Waals surface area (Å²) in [6, 6.07) is 5.72. The highest BCUT2D eigenvalue weighted by atomic mass is 32.2. The number of likely N-dealkylation sites (tertiary alicyclic amines) is 1. The average molecular weight is 356 g/mol. The van der Waals surface area contributed by atoms with Crippen LogP contribution in [-0.2, 0) is 16.3 Å². The summed E-state index contributed by atoms with van der Waals surface area (Å²) in [5.74, 6) is -0.272. The number of hydrogen-bond donors (Lipinski definition) is 1.